The topological polar surface area (TPSA) is 140 Å². The molecule has 0 radical (unpaired) electrons. The summed E-state index contributed by atoms with van der Waals surface area (Å²) >= 11 is 0. The van der Waals surface area contributed by atoms with E-state index in [1.165, 1.54) is 17.2 Å². The number of nitrogens with zero attached hydrogens (tertiary/aromatic N) is 3. The molecule has 4 atom stereocenters. The molecular formula is C17H16N4O6. The zero-order chi connectivity index (χ0) is 19.0. The number of esters is 1. The predicted molar refractivity (Wildman–Crippen MR) is 90.8 cm³/mol. The first-order chi connectivity index (χ1) is 13.1. The summed E-state index contributed by atoms with van der Waals surface area (Å²) in [5.74, 6) is -0.564. The second-order valence-corrected chi connectivity index (χ2v) is 6.07. The van der Waals surface area contributed by atoms with Gasteiger partial charge in [0, 0.05) is 0 Å². The molecule has 0 spiro atoms. The highest BCUT2D eigenvalue weighted by Gasteiger charge is 2.45. The van der Waals surface area contributed by atoms with Crippen LogP contribution in [0.25, 0.3) is 11.2 Å². The fourth-order valence-corrected chi connectivity index (χ4v) is 2.96. The smallest absolute Gasteiger partial charge is 0.338 e. The fraction of sp³-hybridized carbons (Fsp3) is 0.294. The first-order valence-corrected chi connectivity index (χ1v) is 8.20. The summed E-state index contributed by atoms with van der Waals surface area (Å²) < 4.78 is 12.2. The van der Waals surface area contributed by atoms with Gasteiger partial charge in [0.2, 0.25) is 0 Å². The number of imidazole rings is 1. The molecule has 10 nitrogen and oxygen atoms in total. The summed E-state index contributed by atoms with van der Waals surface area (Å²) in [7, 11) is 0. The lowest BCUT2D eigenvalue weighted by Gasteiger charge is -2.16. The number of aromatic nitrogens is 4. The second kappa shape index (κ2) is 6.91. The molecule has 1 aromatic carbocycles. The Kier molecular flexibility index (Phi) is 4.44. The van der Waals surface area contributed by atoms with Crippen molar-refractivity contribution in [3.8, 4) is 0 Å². The van der Waals surface area contributed by atoms with E-state index in [0.717, 1.165) is 0 Å². The third-order valence-corrected chi connectivity index (χ3v) is 4.36. The first kappa shape index (κ1) is 17.3. The van der Waals surface area contributed by atoms with E-state index in [0.29, 0.717) is 5.56 Å². The molecule has 3 N–H and O–H groups in total. The summed E-state index contributed by atoms with van der Waals surface area (Å²) in [6.45, 7) is -0.247. The molecule has 4 rings (SSSR count). The highest BCUT2D eigenvalue weighted by Crippen LogP contribution is 2.31. The molecule has 1 aliphatic rings. The van der Waals surface area contributed by atoms with Crippen LogP contribution in [0.3, 0.4) is 0 Å². The van der Waals surface area contributed by atoms with Gasteiger partial charge in [-0.1, -0.05) is 18.2 Å². The highest BCUT2D eigenvalue weighted by atomic mass is 16.6. The Morgan fingerprint density at radius 1 is 1.22 bits per heavy atom. The van der Waals surface area contributed by atoms with E-state index in [4.69, 9.17) is 9.47 Å². The molecule has 0 amide bonds. The quantitative estimate of drug-likeness (QED) is 0.526. The third-order valence-electron chi connectivity index (χ3n) is 4.36. The number of aromatic amines is 1. The molecule has 1 fully saturated rings. The van der Waals surface area contributed by atoms with Crippen molar-refractivity contribution in [3.05, 3.63) is 58.9 Å². The van der Waals surface area contributed by atoms with Gasteiger partial charge in [-0.2, -0.15) is 0 Å². The van der Waals surface area contributed by atoms with E-state index in [2.05, 4.69) is 15.0 Å². The van der Waals surface area contributed by atoms with Crippen LogP contribution in [0.15, 0.2) is 47.8 Å². The van der Waals surface area contributed by atoms with Gasteiger partial charge in [0.05, 0.1) is 18.2 Å². The van der Waals surface area contributed by atoms with Crippen LogP contribution in [0.4, 0.5) is 0 Å². The number of ether oxygens (including phenoxy) is 2. The Balaban J connectivity index is 1.50. The minimum absolute atomic E-state index is 0.0849. The Labute approximate surface area is 152 Å². The number of fused-ring (bicyclic) bond motifs is 1. The van der Waals surface area contributed by atoms with Gasteiger partial charge in [0.15, 0.2) is 17.4 Å². The van der Waals surface area contributed by atoms with Crippen LogP contribution in [-0.4, -0.2) is 60.6 Å². The van der Waals surface area contributed by atoms with Gasteiger partial charge in [-0.15, -0.1) is 0 Å². The summed E-state index contributed by atoms with van der Waals surface area (Å²) in [4.78, 5) is 34.2. The van der Waals surface area contributed by atoms with Crippen LogP contribution in [-0.2, 0) is 9.47 Å². The minimum atomic E-state index is -1.32. The van der Waals surface area contributed by atoms with Crippen molar-refractivity contribution in [3.63, 3.8) is 0 Å². The molecule has 140 valence electrons. The van der Waals surface area contributed by atoms with Crippen LogP contribution >= 0.6 is 0 Å². The van der Waals surface area contributed by atoms with Gasteiger partial charge >= 0.3 is 5.97 Å². The summed E-state index contributed by atoms with van der Waals surface area (Å²) in [6, 6.07) is 8.39. The van der Waals surface area contributed by atoms with Crippen LogP contribution in [0, 0.1) is 0 Å². The minimum Gasteiger partial charge on any atom is -0.459 e. The van der Waals surface area contributed by atoms with Gasteiger partial charge in [-0.25, -0.2) is 14.8 Å². The van der Waals surface area contributed by atoms with Crippen molar-refractivity contribution >= 4 is 17.1 Å². The number of rotatable bonds is 4. The van der Waals surface area contributed by atoms with Crippen molar-refractivity contribution in [2.24, 2.45) is 0 Å². The van der Waals surface area contributed by atoms with Crippen LogP contribution < -0.4 is 5.56 Å². The summed E-state index contributed by atoms with van der Waals surface area (Å²) in [6.07, 6.45) is -2.08. The molecule has 3 heterocycles. The predicted octanol–water partition coefficient (Wildman–Crippen LogP) is -0.404. The first-order valence-electron chi connectivity index (χ1n) is 8.20. The molecule has 2 aromatic heterocycles. The number of benzene rings is 1. The third kappa shape index (κ3) is 3.10. The van der Waals surface area contributed by atoms with Crippen molar-refractivity contribution in [1.29, 1.82) is 0 Å². The maximum absolute atomic E-state index is 12.0. The highest BCUT2D eigenvalue weighted by molar-refractivity contribution is 5.89. The van der Waals surface area contributed by atoms with Crippen molar-refractivity contribution in [1.82, 2.24) is 19.5 Å². The lowest BCUT2D eigenvalue weighted by molar-refractivity contribution is -0.0565. The maximum Gasteiger partial charge on any atom is 0.338 e. The number of hydrogen-bond donors (Lipinski definition) is 3. The monoisotopic (exact) mass is 372 g/mol. The number of nitrogens with one attached hydrogen (secondary N) is 1. The Morgan fingerprint density at radius 3 is 2.78 bits per heavy atom. The Hall–Kier alpha value is -3.08. The fourth-order valence-electron chi connectivity index (χ4n) is 2.96. The maximum atomic E-state index is 12.0. The molecule has 3 aromatic rings. The number of aliphatic hydroxyl groups excluding tert-OH is 2. The molecule has 1 saturated heterocycles. The molecule has 10 heteroatoms. The summed E-state index contributed by atoms with van der Waals surface area (Å²) in [5, 5.41) is 20.6. The normalized spacial score (nSPS) is 25.0. The Morgan fingerprint density at radius 2 is 2.00 bits per heavy atom. The molecule has 0 saturated carbocycles. The van der Waals surface area contributed by atoms with Crippen LogP contribution in [0.5, 0.6) is 0 Å². The number of carbonyl (C=O) groups is 1. The standard InChI is InChI=1S/C17H16N4O6/c22-12-10(6-26-17(25)9-4-2-1-3-5-9)27-16(13(12)23)21-8-20-11-14(21)18-7-19-15(11)24/h1-5,7-8,10,12-13,16,22-23H,6H2,(H,18,19,24)/t10-,12+,13+,16-/m1/s1. The molecule has 1 aliphatic heterocycles. The van der Waals surface area contributed by atoms with Crippen LogP contribution in [0.2, 0.25) is 0 Å². The van der Waals surface area contributed by atoms with Gasteiger partial charge in [0.25, 0.3) is 5.56 Å². The summed E-state index contributed by atoms with van der Waals surface area (Å²) in [5.41, 5.74) is 0.227. The van der Waals surface area contributed by atoms with E-state index >= 15 is 0 Å². The van der Waals surface area contributed by atoms with Crippen molar-refractivity contribution < 1.29 is 24.5 Å². The van der Waals surface area contributed by atoms with E-state index in [-0.39, 0.29) is 17.8 Å². The van der Waals surface area contributed by atoms with Gasteiger partial charge in [0.1, 0.15) is 24.9 Å². The zero-order valence-corrected chi connectivity index (χ0v) is 13.9. The average Bonchev–Trinajstić information content (AvgIpc) is 3.23. The lowest BCUT2D eigenvalue weighted by atomic mass is 10.1. The van der Waals surface area contributed by atoms with E-state index in [1.54, 1.807) is 30.3 Å². The number of H-pyrrole nitrogens is 1. The average molecular weight is 372 g/mol. The lowest BCUT2D eigenvalue weighted by Crippen LogP contribution is -2.34. The molecule has 0 unspecified atom stereocenters. The number of aliphatic hydroxyl groups is 2. The van der Waals surface area contributed by atoms with Gasteiger partial charge in [-0.3, -0.25) is 9.36 Å². The molecular weight excluding hydrogens is 356 g/mol. The zero-order valence-electron chi connectivity index (χ0n) is 13.9. The second-order valence-electron chi connectivity index (χ2n) is 6.07. The van der Waals surface area contributed by atoms with Crippen molar-refractivity contribution in [2.45, 2.75) is 24.5 Å². The van der Waals surface area contributed by atoms with E-state index in [1.807, 2.05) is 0 Å². The molecule has 0 bridgehead atoms. The van der Waals surface area contributed by atoms with E-state index in [9.17, 15) is 19.8 Å². The van der Waals surface area contributed by atoms with E-state index < -0.39 is 36.1 Å². The number of carbonyl (C=O) groups excluding carboxylic acids is 1. The van der Waals surface area contributed by atoms with Gasteiger partial charge < -0.3 is 24.7 Å². The van der Waals surface area contributed by atoms with Crippen molar-refractivity contribution in [2.75, 3.05) is 6.61 Å². The Bertz CT molecular complexity index is 1020. The molecule has 27 heavy (non-hydrogen) atoms. The molecule has 0 aliphatic carbocycles. The van der Waals surface area contributed by atoms with Crippen LogP contribution in [0.1, 0.15) is 16.6 Å². The van der Waals surface area contributed by atoms with Gasteiger partial charge in [-0.05, 0) is 12.1 Å². The SMILES string of the molecule is O=C(OC[C@H]1O[C@@H](n2cnc3c(=O)[nH]cnc32)[C@@H](O)[C@H]1O)c1ccccc1. The largest absolute Gasteiger partial charge is 0.459 e. The number of hydrogen-bond acceptors (Lipinski definition) is 8.